The summed E-state index contributed by atoms with van der Waals surface area (Å²) in [6.45, 7) is 4.46. The van der Waals surface area contributed by atoms with Crippen LogP contribution in [0.2, 0.25) is 0 Å². The van der Waals surface area contributed by atoms with Crippen LogP contribution in [0.1, 0.15) is 155 Å². The molecule has 0 heterocycles. The SMILES string of the molecule is CCCCC/C=C\C(CCCCCCC(=O)O)OC(=O)CCCCCCCCCCCCC. The van der Waals surface area contributed by atoms with Crippen LogP contribution in [0, 0.1) is 0 Å². The fraction of sp³-hybridized carbons (Fsp3) is 0.862. The Morgan fingerprint density at radius 1 is 0.667 bits per heavy atom. The minimum atomic E-state index is -0.723. The number of esters is 1. The number of carboxylic acid groups (broad SMARTS) is 1. The zero-order chi connectivity index (χ0) is 24.4. The summed E-state index contributed by atoms with van der Waals surface area (Å²) in [6.07, 6.45) is 28.1. The molecule has 0 aromatic rings. The Morgan fingerprint density at radius 3 is 1.73 bits per heavy atom. The molecule has 194 valence electrons. The number of hydrogen-bond acceptors (Lipinski definition) is 3. The Balaban J connectivity index is 3.98. The Labute approximate surface area is 204 Å². The molecule has 0 rings (SSSR count). The molecule has 1 N–H and O–H groups in total. The number of carbonyl (C=O) groups is 2. The molecule has 4 nitrogen and oxygen atoms in total. The van der Waals surface area contributed by atoms with Gasteiger partial charge in [-0.05, 0) is 44.6 Å². The molecule has 0 aliphatic carbocycles. The van der Waals surface area contributed by atoms with Gasteiger partial charge in [-0.1, -0.05) is 110 Å². The molecule has 0 saturated heterocycles. The molecule has 0 radical (unpaired) electrons. The van der Waals surface area contributed by atoms with Crippen LogP contribution < -0.4 is 0 Å². The van der Waals surface area contributed by atoms with E-state index in [1.54, 1.807) is 0 Å². The lowest BCUT2D eigenvalue weighted by atomic mass is 10.1. The highest BCUT2D eigenvalue weighted by atomic mass is 16.5. The lowest BCUT2D eigenvalue weighted by Gasteiger charge is -2.15. The quantitative estimate of drug-likeness (QED) is 0.0827. The summed E-state index contributed by atoms with van der Waals surface area (Å²) in [7, 11) is 0. The molecule has 1 unspecified atom stereocenters. The van der Waals surface area contributed by atoms with Gasteiger partial charge in [0.05, 0.1) is 0 Å². The van der Waals surface area contributed by atoms with Gasteiger partial charge in [0, 0.05) is 12.8 Å². The summed E-state index contributed by atoms with van der Waals surface area (Å²) in [4.78, 5) is 22.9. The van der Waals surface area contributed by atoms with E-state index in [-0.39, 0.29) is 18.5 Å². The van der Waals surface area contributed by atoms with Crippen molar-refractivity contribution in [2.75, 3.05) is 0 Å². The van der Waals surface area contributed by atoms with Crippen LogP contribution in [0.15, 0.2) is 12.2 Å². The van der Waals surface area contributed by atoms with Gasteiger partial charge in [-0.15, -0.1) is 0 Å². The number of aliphatic carboxylic acids is 1. The Morgan fingerprint density at radius 2 is 1.15 bits per heavy atom. The summed E-state index contributed by atoms with van der Waals surface area (Å²) in [5, 5.41) is 8.73. The van der Waals surface area contributed by atoms with Crippen LogP contribution >= 0.6 is 0 Å². The third kappa shape index (κ3) is 25.1. The van der Waals surface area contributed by atoms with Crippen molar-refractivity contribution < 1.29 is 19.4 Å². The smallest absolute Gasteiger partial charge is 0.306 e. The first-order valence-corrected chi connectivity index (χ1v) is 14.2. The Bertz CT molecular complexity index is 472. The molecule has 0 spiro atoms. The van der Waals surface area contributed by atoms with Gasteiger partial charge in [0.25, 0.3) is 0 Å². The first-order valence-electron chi connectivity index (χ1n) is 14.2. The number of hydrogen-bond donors (Lipinski definition) is 1. The zero-order valence-corrected chi connectivity index (χ0v) is 22.0. The molecule has 0 aromatic carbocycles. The number of allylic oxidation sites excluding steroid dienone is 1. The van der Waals surface area contributed by atoms with Crippen molar-refractivity contribution in [2.45, 2.75) is 161 Å². The minimum absolute atomic E-state index is 0.0694. The first-order chi connectivity index (χ1) is 16.1. The summed E-state index contributed by atoms with van der Waals surface area (Å²) >= 11 is 0. The average molecular weight is 467 g/mol. The molecule has 0 aromatic heterocycles. The Hall–Kier alpha value is -1.32. The fourth-order valence-corrected chi connectivity index (χ4v) is 4.09. The van der Waals surface area contributed by atoms with E-state index in [4.69, 9.17) is 9.84 Å². The third-order valence-electron chi connectivity index (χ3n) is 6.22. The van der Waals surface area contributed by atoms with Crippen molar-refractivity contribution in [3.63, 3.8) is 0 Å². The second-order valence-corrected chi connectivity index (χ2v) is 9.58. The predicted molar refractivity (Wildman–Crippen MR) is 140 cm³/mol. The maximum absolute atomic E-state index is 12.3. The molecule has 0 saturated carbocycles. The van der Waals surface area contributed by atoms with Gasteiger partial charge in [0.15, 0.2) is 0 Å². The highest BCUT2D eigenvalue weighted by molar-refractivity contribution is 5.69. The van der Waals surface area contributed by atoms with E-state index in [1.807, 2.05) is 0 Å². The second kappa shape index (κ2) is 25.3. The van der Waals surface area contributed by atoms with Crippen LogP contribution in [0.25, 0.3) is 0 Å². The first kappa shape index (κ1) is 31.7. The second-order valence-electron chi connectivity index (χ2n) is 9.58. The zero-order valence-electron chi connectivity index (χ0n) is 22.0. The third-order valence-corrected chi connectivity index (χ3v) is 6.22. The Kier molecular flexibility index (Phi) is 24.3. The van der Waals surface area contributed by atoms with E-state index < -0.39 is 5.97 Å². The highest BCUT2D eigenvalue weighted by Gasteiger charge is 2.11. The van der Waals surface area contributed by atoms with Crippen molar-refractivity contribution >= 4 is 11.9 Å². The normalized spacial score (nSPS) is 12.3. The van der Waals surface area contributed by atoms with Crippen molar-refractivity contribution in [3.8, 4) is 0 Å². The molecule has 0 aliphatic rings. The lowest BCUT2D eigenvalue weighted by Crippen LogP contribution is -2.16. The molecule has 33 heavy (non-hydrogen) atoms. The van der Waals surface area contributed by atoms with Crippen LogP contribution in [0.3, 0.4) is 0 Å². The van der Waals surface area contributed by atoms with Crippen molar-refractivity contribution in [2.24, 2.45) is 0 Å². The maximum atomic E-state index is 12.3. The van der Waals surface area contributed by atoms with Crippen molar-refractivity contribution in [1.82, 2.24) is 0 Å². The largest absolute Gasteiger partial charge is 0.481 e. The topological polar surface area (TPSA) is 63.6 Å². The van der Waals surface area contributed by atoms with E-state index in [1.165, 1.54) is 77.0 Å². The number of carbonyl (C=O) groups excluding carboxylic acids is 1. The summed E-state index contributed by atoms with van der Waals surface area (Å²) in [5.41, 5.74) is 0. The molecule has 4 heteroatoms. The highest BCUT2D eigenvalue weighted by Crippen LogP contribution is 2.15. The van der Waals surface area contributed by atoms with Gasteiger partial charge >= 0.3 is 11.9 Å². The van der Waals surface area contributed by atoms with E-state index in [0.29, 0.717) is 6.42 Å². The number of ether oxygens (including phenoxy) is 1. The van der Waals surface area contributed by atoms with E-state index in [9.17, 15) is 9.59 Å². The van der Waals surface area contributed by atoms with Gasteiger partial charge in [0.1, 0.15) is 6.10 Å². The minimum Gasteiger partial charge on any atom is -0.481 e. The molecule has 0 fully saturated rings. The van der Waals surface area contributed by atoms with Gasteiger partial charge in [-0.2, -0.15) is 0 Å². The lowest BCUT2D eigenvalue weighted by molar-refractivity contribution is -0.147. The van der Waals surface area contributed by atoms with E-state index in [0.717, 1.165) is 51.4 Å². The molecule has 0 bridgehead atoms. The monoisotopic (exact) mass is 466 g/mol. The van der Waals surface area contributed by atoms with Crippen LogP contribution in [0.4, 0.5) is 0 Å². The molecular weight excluding hydrogens is 412 g/mol. The summed E-state index contributed by atoms with van der Waals surface area (Å²) < 4.78 is 5.77. The maximum Gasteiger partial charge on any atom is 0.306 e. The van der Waals surface area contributed by atoms with Crippen LogP contribution in [-0.4, -0.2) is 23.1 Å². The van der Waals surface area contributed by atoms with Crippen LogP contribution in [0.5, 0.6) is 0 Å². The summed E-state index contributed by atoms with van der Waals surface area (Å²) in [5.74, 6) is -0.792. The molecule has 1 atom stereocenters. The van der Waals surface area contributed by atoms with Crippen molar-refractivity contribution in [3.05, 3.63) is 12.2 Å². The van der Waals surface area contributed by atoms with Crippen LogP contribution in [-0.2, 0) is 14.3 Å². The van der Waals surface area contributed by atoms with Crippen molar-refractivity contribution in [1.29, 1.82) is 0 Å². The average Bonchev–Trinajstić information content (AvgIpc) is 2.79. The van der Waals surface area contributed by atoms with Gasteiger partial charge in [0.2, 0.25) is 0 Å². The number of carboxylic acids is 1. The number of rotatable bonds is 25. The van der Waals surface area contributed by atoms with Gasteiger partial charge in [-0.3, -0.25) is 9.59 Å². The molecular formula is C29H54O4. The van der Waals surface area contributed by atoms with E-state index >= 15 is 0 Å². The van der Waals surface area contributed by atoms with Gasteiger partial charge in [-0.25, -0.2) is 0 Å². The standard InChI is InChI=1S/C29H54O4/c1-3-5-7-9-10-11-12-13-14-16-22-26-29(32)33-27(23-19-15-8-6-4-2)24-20-17-18-21-25-28(30)31/h19,23,27H,3-18,20-22,24-26H2,1-2H3,(H,30,31)/b23-19-. The number of unbranched alkanes of at least 4 members (excludes halogenated alkanes) is 16. The molecule has 0 aliphatic heterocycles. The van der Waals surface area contributed by atoms with E-state index in [2.05, 4.69) is 26.0 Å². The van der Waals surface area contributed by atoms with Gasteiger partial charge < -0.3 is 9.84 Å². The predicted octanol–water partition coefficient (Wildman–Crippen LogP) is 9.16. The fourth-order valence-electron chi connectivity index (χ4n) is 4.09. The summed E-state index contributed by atoms with van der Waals surface area (Å²) in [6, 6.07) is 0. The molecule has 0 amide bonds.